The summed E-state index contributed by atoms with van der Waals surface area (Å²) < 4.78 is 0. The molecule has 1 fully saturated rings. The molecule has 13 heavy (non-hydrogen) atoms. The van der Waals surface area contributed by atoms with E-state index >= 15 is 0 Å². The monoisotopic (exact) mass is 178 g/mol. The van der Waals surface area contributed by atoms with Crippen molar-refractivity contribution >= 4 is 0 Å². The van der Waals surface area contributed by atoms with Crippen molar-refractivity contribution < 1.29 is 0 Å². The van der Waals surface area contributed by atoms with E-state index in [1.165, 1.54) is 43.3 Å². The Morgan fingerprint density at radius 3 is 2.77 bits per heavy atom. The fourth-order valence-corrected chi connectivity index (χ4v) is 2.04. The number of hydrogen-bond acceptors (Lipinski definition) is 0. The lowest BCUT2D eigenvalue weighted by Crippen LogP contribution is -2.03. The maximum Gasteiger partial charge on any atom is -0.0169 e. The van der Waals surface area contributed by atoms with Crippen LogP contribution in [0.1, 0.15) is 46.0 Å². The van der Waals surface area contributed by atoms with Crippen molar-refractivity contribution in [3.63, 3.8) is 0 Å². The highest BCUT2D eigenvalue weighted by Gasteiger charge is 2.20. The molecule has 0 bridgehead atoms. The van der Waals surface area contributed by atoms with E-state index in [1.54, 1.807) is 0 Å². The molecule has 0 nitrogen and oxygen atoms in total. The minimum Gasteiger partial charge on any atom is -0.0996 e. The molecule has 1 rings (SSSR count). The molecule has 1 aliphatic carbocycles. The van der Waals surface area contributed by atoms with Gasteiger partial charge in [-0.2, -0.15) is 0 Å². The summed E-state index contributed by atoms with van der Waals surface area (Å²) in [5.74, 6) is 1.44. The van der Waals surface area contributed by atoms with Crippen molar-refractivity contribution in [3.05, 3.63) is 24.3 Å². The van der Waals surface area contributed by atoms with Crippen molar-refractivity contribution in [2.45, 2.75) is 46.0 Å². The minimum absolute atomic E-state index is 0.688. The van der Waals surface area contributed by atoms with Crippen LogP contribution in [-0.2, 0) is 0 Å². The Bertz CT molecular complexity index is 200. The molecule has 1 aliphatic rings. The number of allylic oxidation sites excluding steroid dienone is 2. The first-order valence-corrected chi connectivity index (χ1v) is 5.50. The minimum atomic E-state index is 0.688. The molecule has 2 unspecified atom stereocenters. The van der Waals surface area contributed by atoms with Crippen molar-refractivity contribution in [1.29, 1.82) is 0 Å². The maximum atomic E-state index is 4.18. The zero-order valence-corrected chi connectivity index (χ0v) is 9.10. The van der Waals surface area contributed by atoms with Crippen LogP contribution in [0.3, 0.4) is 0 Å². The Hall–Kier alpha value is -0.520. The Kier molecular flexibility index (Phi) is 3.77. The summed E-state index contributed by atoms with van der Waals surface area (Å²) in [4.78, 5) is 0. The molecule has 0 heterocycles. The van der Waals surface area contributed by atoms with Crippen LogP contribution >= 0.6 is 0 Å². The molecule has 0 aromatic carbocycles. The highest BCUT2D eigenvalue weighted by molar-refractivity contribution is 5.12. The second-order valence-corrected chi connectivity index (χ2v) is 4.42. The van der Waals surface area contributed by atoms with Crippen molar-refractivity contribution in [3.8, 4) is 0 Å². The predicted octanol–water partition coefficient (Wildman–Crippen LogP) is 4.34. The topological polar surface area (TPSA) is 0 Å². The van der Waals surface area contributed by atoms with Crippen LogP contribution in [0.5, 0.6) is 0 Å². The van der Waals surface area contributed by atoms with Gasteiger partial charge in [0.1, 0.15) is 0 Å². The zero-order chi connectivity index (χ0) is 9.84. The summed E-state index contributed by atoms with van der Waals surface area (Å²) in [6, 6.07) is 0. The van der Waals surface area contributed by atoms with Gasteiger partial charge >= 0.3 is 0 Å². The summed E-state index contributed by atoms with van der Waals surface area (Å²) in [7, 11) is 0. The first-order valence-electron chi connectivity index (χ1n) is 5.50. The van der Waals surface area contributed by atoms with E-state index in [-0.39, 0.29) is 0 Å². The molecular weight excluding hydrogens is 156 g/mol. The second-order valence-electron chi connectivity index (χ2n) is 4.42. The molecule has 0 saturated heterocycles. The van der Waals surface area contributed by atoms with Crippen LogP contribution in [-0.4, -0.2) is 0 Å². The van der Waals surface area contributed by atoms with Gasteiger partial charge in [0.15, 0.2) is 0 Å². The summed E-state index contributed by atoms with van der Waals surface area (Å²) in [5, 5.41) is 0. The first-order chi connectivity index (χ1) is 6.15. The van der Waals surface area contributed by atoms with Gasteiger partial charge in [0.05, 0.1) is 0 Å². The van der Waals surface area contributed by atoms with Crippen molar-refractivity contribution in [2.24, 2.45) is 11.8 Å². The fraction of sp³-hybridized carbons (Fsp3) is 0.692. The zero-order valence-electron chi connectivity index (χ0n) is 9.10. The summed E-state index contributed by atoms with van der Waals surface area (Å²) >= 11 is 0. The lowest BCUT2D eigenvalue weighted by molar-refractivity contribution is 0.550. The van der Waals surface area contributed by atoms with E-state index in [0.717, 1.165) is 5.92 Å². The van der Waals surface area contributed by atoms with Gasteiger partial charge in [0.2, 0.25) is 0 Å². The highest BCUT2D eigenvalue weighted by Crippen LogP contribution is 2.35. The van der Waals surface area contributed by atoms with Gasteiger partial charge in [-0.05, 0) is 43.9 Å². The van der Waals surface area contributed by atoms with Gasteiger partial charge in [-0.25, -0.2) is 0 Å². The van der Waals surface area contributed by atoms with Crippen LogP contribution in [0.15, 0.2) is 24.3 Å². The summed E-state index contributed by atoms with van der Waals surface area (Å²) in [5.41, 5.74) is 2.89. The molecule has 0 heteroatoms. The van der Waals surface area contributed by atoms with Crippen LogP contribution in [0.2, 0.25) is 0 Å². The SMILES string of the molecule is C=C(CC1CCCC1=C)C(C)CC. The third-order valence-electron chi connectivity index (χ3n) is 3.45. The van der Waals surface area contributed by atoms with Crippen LogP contribution in [0.4, 0.5) is 0 Å². The predicted molar refractivity (Wildman–Crippen MR) is 59.7 cm³/mol. The Balaban J connectivity index is 2.39. The van der Waals surface area contributed by atoms with Gasteiger partial charge in [-0.3, -0.25) is 0 Å². The molecule has 0 aliphatic heterocycles. The Morgan fingerprint density at radius 2 is 2.31 bits per heavy atom. The third kappa shape index (κ3) is 2.72. The van der Waals surface area contributed by atoms with Crippen LogP contribution < -0.4 is 0 Å². The van der Waals surface area contributed by atoms with E-state index in [1.807, 2.05) is 0 Å². The van der Waals surface area contributed by atoms with Gasteiger partial charge in [-0.15, -0.1) is 0 Å². The molecule has 1 saturated carbocycles. The molecule has 0 amide bonds. The number of hydrogen-bond donors (Lipinski definition) is 0. The maximum absolute atomic E-state index is 4.18. The molecule has 74 valence electrons. The fourth-order valence-electron chi connectivity index (χ4n) is 2.04. The standard InChI is InChI=1S/C13H22/c1-5-10(2)12(4)9-13-8-6-7-11(13)3/h10,13H,3-9H2,1-2H3. The molecule has 0 aromatic heterocycles. The Labute approximate surface area is 82.7 Å². The quantitative estimate of drug-likeness (QED) is 0.562. The summed E-state index contributed by atoms with van der Waals surface area (Å²) in [6.45, 7) is 12.8. The lowest BCUT2D eigenvalue weighted by Gasteiger charge is -2.17. The van der Waals surface area contributed by atoms with Gasteiger partial charge in [0, 0.05) is 0 Å². The normalized spacial score (nSPS) is 24.8. The molecule has 0 aromatic rings. The highest BCUT2D eigenvalue weighted by atomic mass is 14.3. The van der Waals surface area contributed by atoms with Crippen LogP contribution in [0, 0.1) is 11.8 Å². The molecule has 2 atom stereocenters. The van der Waals surface area contributed by atoms with E-state index in [9.17, 15) is 0 Å². The largest absolute Gasteiger partial charge is 0.0996 e. The van der Waals surface area contributed by atoms with Crippen LogP contribution in [0.25, 0.3) is 0 Å². The van der Waals surface area contributed by atoms with Crippen molar-refractivity contribution in [1.82, 2.24) is 0 Å². The van der Waals surface area contributed by atoms with Gasteiger partial charge in [0.25, 0.3) is 0 Å². The molecule has 0 N–H and O–H groups in total. The van der Waals surface area contributed by atoms with E-state index in [2.05, 4.69) is 27.0 Å². The average Bonchev–Trinajstić information content (AvgIpc) is 2.50. The Morgan fingerprint density at radius 1 is 1.62 bits per heavy atom. The second kappa shape index (κ2) is 4.64. The summed E-state index contributed by atoms with van der Waals surface area (Å²) in [6.07, 6.45) is 6.34. The third-order valence-corrected chi connectivity index (χ3v) is 3.45. The lowest BCUT2D eigenvalue weighted by atomic mass is 9.88. The first kappa shape index (κ1) is 10.6. The van der Waals surface area contributed by atoms with E-state index < -0.39 is 0 Å². The van der Waals surface area contributed by atoms with Crippen molar-refractivity contribution in [2.75, 3.05) is 0 Å². The van der Waals surface area contributed by atoms with E-state index in [4.69, 9.17) is 0 Å². The van der Waals surface area contributed by atoms with Gasteiger partial charge < -0.3 is 0 Å². The molecule has 0 spiro atoms. The number of rotatable bonds is 4. The average molecular weight is 178 g/mol. The molecular formula is C13H22. The smallest absolute Gasteiger partial charge is 0.0169 e. The van der Waals surface area contributed by atoms with Gasteiger partial charge in [-0.1, -0.05) is 38.2 Å². The molecule has 0 radical (unpaired) electrons. The van der Waals surface area contributed by atoms with E-state index in [0.29, 0.717) is 5.92 Å².